The highest BCUT2D eigenvalue weighted by Crippen LogP contribution is 2.43. The predicted octanol–water partition coefficient (Wildman–Crippen LogP) is 4.64. The van der Waals surface area contributed by atoms with Crippen LogP contribution in [0.2, 0.25) is 0 Å². The molecule has 1 heterocycles. The minimum atomic E-state index is -1.07. The maximum absolute atomic E-state index is 14.9. The van der Waals surface area contributed by atoms with Gasteiger partial charge in [0.15, 0.2) is 11.6 Å². The van der Waals surface area contributed by atoms with Gasteiger partial charge in [0.2, 0.25) is 0 Å². The summed E-state index contributed by atoms with van der Waals surface area (Å²) in [4.78, 5) is 32.4. The van der Waals surface area contributed by atoms with Crippen molar-refractivity contribution in [2.24, 2.45) is 11.8 Å². The number of carbonyl (C=O) groups excluding carboxylic acids is 2. The molecule has 8 heteroatoms. The Morgan fingerprint density at radius 3 is 1.85 bits per heavy atom. The van der Waals surface area contributed by atoms with E-state index in [1.165, 1.54) is 30.3 Å². The van der Waals surface area contributed by atoms with Gasteiger partial charge in [-0.25, -0.2) is 4.39 Å². The average molecular weight is 563 g/mol. The fourth-order valence-corrected chi connectivity index (χ4v) is 6.21. The van der Waals surface area contributed by atoms with Crippen LogP contribution in [0.15, 0.2) is 66.7 Å². The van der Waals surface area contributed by atoms with Crippen LogP contribution in [0, 0.1) is 24.6 Å². The quantitative estimate of drug-likeness (QED) is 0.327. The maximum atomic E-state index is 14.9. The van der Waals surface area contributed by atoms with Crippen LogP contribution in [0.5, 0.6) is 11.5 Å². The van der Waals surface area contributed by atoms with Crippen LogP contribution in [0.4, 0.5) is 4.39 Å². The van der Waals surface area contributed by atoms with Crippen LogP contribution in [0.25, 0.3) is 0 Å². The molecule has 3 N–H and O–H groups in total. The lowest BCUT2D eigenvalue weighted by Crippen LogP contribution is -2.57. The van der Waals surface area contributed by atoms with Crippen molar-refractivity contribution in [3.63, 3.8) is 0 Å². The Hall–Kier alpha value is -3.59. The predicted molar refractivity (Wildman–Crippen MR) is 156 cm³/mol. The minimum Gasteiger partial charge on any atom is -0.508 e. The molecule has 4 rings (SSSR count). The summed E-state index contributed by atoms with van der Waals surface area (Å²) in [6, 6.07) is 16.6. The first-order valence-corrected chi connectivity index (χ1v) is 13.8. The number of rotatable bonds is 9. The molecule has 0 spiro atoms. The first kappa shape index (κ1) is 30.4. The normalized spacial score (nSPS) is 20.6. The number of halogens is 1. The van der Waals surface area contributed by atoms with Crippen molar-refractivity contribution in [2.75, 3.05) is 33.7 Å². The topological polar surface area (TPSA) is 101 Å². The van der Waals surface area contributed by atoms with Crippen LogP contribution in [0.3, 0.4) is 0 Å². The number of ketones is 2. The summed E-state index contributed by atoms with van der Waals surface area (Å²) in [5.74, 6) is -3.26. The van der Waals surface area contributed by atoms with Crippen LogP contribution < -0.4 is 0 Å². The van der Waals surface area contributed by atoms with E-state index in [1.807, 2.05) is 23.9 Å². The van der Waals surface area contributed by atoms with Gasteiger partial charge >= 0.3 is 0 Å². The highest BCUT2D eigenvalue weighted by molar-refractivity contribution is 6.02. The molecule has 3 aromatic carbocycles. The summed E-state index contributed by atoms with van der Waals surface area (Å²) >= 11 is 0. The molecule has 1 unspecified atom stereocenters. The fraction of sp³-hybridized carbons (Fsp3) is 0.394. The molecule has 0 aromatic heterocycles. The van der Waals surface area contributed by atoms with Gasteiger partial charge in [0, 0.05) is 48.5 Å². The molecule has 41 heavy (non-hydrogen) atoms. The number of aromatic hydroxyl groups is 2. The third kappa shape index (κ3) is 6.67. The van der Waals surface area contributed by atoms with E-state index in [1.54, 1.807) is 57.2 Å². The number of Topliss-reactive ketones (excluding diaryl/α,β-unsaturated/α-hetero) is 2. The van der Waals surface area contributed by atoms with Gasteiger partial charge in [-0.15, -0.1) is 0 Å². The Kier molecular flexibility index (Phi) is 8.97. The molecule has 218 valence electrons. The number of aliphatic hydroxyl groups is 1. The Morgan fingerprint density at radius 2 is 1.41 bits per heavy atom. The molecule has 1 saturated heterocycles. The molecule has 0 radical (unpaired) electrons. The van der Waals surface area contributed by atoms with Crippen molar-refractivity contribution >= 4 is 11.6 Å². The van der Waals surface area contributed by atoms with Gasteiger partial charge in [0.1, 0.15) is 17.3 Å². The van der Waals surface area contributed by atoms with Gasteiger partial charge in [0.25, 0.3) is 0 Å². The van der Waals surface area contributed by atoms with E-state index >= 15 is 0 Å². The molecule has 0 bridgehead atoms. The smallest absolute Gasteiger partial charge is 0.167 e. The monoisotopic (exact) mass is 562 g/mol. The number of likely N-dealkylation sites (N-methyl/N-ethyl adjacent to an activating group) is 1. The molecular weight excluding hydrogens is 523 g/mol. The number of hydrogen-bond donors (Lipinski definition) is 3. The van der Waals surface area contributed by atoms with E-state index in [2.05, 4.69) is 0 Å². The van der Waals surface area contributed by atoms with Crippen LogP contribution >= 0.6 is 0 Å². The van der Waals surface area contributed by atoms with E-state index in [0.29, 0.717) is 28.8 Å². The fourth-order valence-electron chi connectivity index (χ4n) is 6.21. The van der Waals surface area contributed by atoms with Gasteiger partial charge in [-0.3, -0.25) is 9.59 Å². The Morgan fingerprint density at radius 1 is 0.927 bits per heavy atom. The SMILES string of the molecule is Cc1c(F)cccc1C1[C@@H](C(=O)c2cccc(O)c2)CN(C[C@@H](N(C)C)C(C)(C)O)C[C@H]1C(=O)c1cccc(O)c1. The summed E-state index contributed by atoms with van der Waals surface area (Å²) in [7, 11) is 3.74. The van der Waals surface area contributed by atoms with Crippen molar-refractivity contribution in [2.45, 2.75) is 38.3 Å². The van der Waals surface area contributed by atoms with Crippen LogP contribution in [-0.2, 0) is 0 Å². The molecular formula is C33H39FN2O5. The third-order valence-electron chi connectivity index (χ3n) is 8.25. The number of benzene rings is 3. The summed E-state index contributed by atoms with van der Waals surface area (Å²) in [5, 5.41) is 31.2. The Bertz CT molecular complexity index is 1350. The van der Waals surface area contributed by atoms with E-state index < -0.39 is 29.2 Å². The minimum absolute atomic E-state index is 0.0518. The summed E-state index contributed by atoms with van der Waals surface area (Å²) in [6.45, 7) is 6.01. The molecule has 7 nitrogen and oxygen atoms in total. The average Bonchev–Trinajstić information content (AvgIpc) is 2.91. The number of nitrogens with zero attached hydrogens (tertiary/aromatic N) is 2. The Balaban J connectivity index is 1.88. The first-order chi connectivity index (χ1) is 19.3. The zero-order valence-corrected chi connectivity index (χ0v) is 24.2. The molecule has 0 amide bonds. The lowest BCUT2D eigenvalue weighted by Gasteiger charge is -2.46. The number of piperidine rings is 1. The highest BCUT2D eigenvalue weighted by atomic mass is 19.1. The van der Waals surface area contributed by atoms with E-state index in [4.69, 9.17) is 0 Å². The standard InChI is InChI=1S/C33H39FN2O5/c1-20-25(13-8-14-28(20)34)30-26(31(39)21-9-6-11-23(37)15-21)17-36(19-29(35(4)5)33(2,3)41)18-27(30)32(40)22-10-7-12-24(38)16-22/h6-16,26-27,29-30,37-38,41H,17-19H2,1-5H3/t26-,27+,29-,30?/m1/s1. The summed E-state index contributed by atoms with van der Waals surface area (Å²) in [5.41, 5.74) is 0.469. The van der Waals surface area contributed by atoms with Crippen molar-refractivity contribution in [1.29, 1.82) is 0 Å². The molecule has 0 aliphatic carbocycles. The van der Waals surface area contributed by atoms with E-state index in [0.717, 1.165) is 0 Å². The van der Waals surface area contributed by atoms with Gasteiger partial charge in [0.05, 0.1) is 11.6 Å². The van der Waals surface area contributed by atoms with Crippen molar-refractivity contribution in [3.05, 3.63) is 94.8 Å². The molecule has 1 aliphatic heterocycles. The van der Waals surface area contributed by atoms with Gasteiger partial charge in [-0.1, -0.05) is 36.4 Å². The molecule has 3 aromatic rings. The van der Waals surface area contributed by atoms with E-state index in [9.17, 15) is 29.3 Å². The summed E-state index contributed by atoms with van der Waals surface area (Å²) in [6.07, 6.45) is 0. The van der Waals surface area contributed by atoms with Crippen molar-refractivity contribution < 1.29 is 29.3 Å². The lowest BCUT2D eigenvalue weighted by molar-refractivity contribution is -0.0258. The van der Waals surface area contributed by atoms with Gasteiger partial charge in [-0.05, 0) is 76.3 Å². The molecule has 0 saturated carbocycles. The zero-order chi connectivity index (χ0) is 30.1. The van der Waals surface area contributed by atoms with Crippen LogP contribution in [0.1, 0.15) is 51.6 Å². The molecule has 1 aliphatic rings. The second kappa shape index (κ2) is 12.1. The zero-order valence-electron chi connectivity index (χ0n) is 24.2. The first-order valence-electron chi connectivity index (χ1n) is 13.8. The third-order valence-corrected chi connectivity index (χ3v) is 8.25. The number of likely N-dealkylation sites (tertiary alicyclic amines) is 1. The van der Waals surface area contributed by atoms with Gasteiger partial charge < -0.3 is 25.1 Å². The van der Waals surface area contributed by atoms with Crippen molar-refractivity contribution in [3.8, 4) is 11.5 Å². The molecule has 4 atom stereocenters. The second-order valence-corrected chi connectivity index (χ2v) is 11.9. The Labute approximate surface area is 240 Å². The molecule has 1 fully saturated rings. The second-order valence-electron chi connectivity index (χ2n) is 11.9. The number of phenols is 2. The lowest BCUT2D eigenvalue weighted by atomic mass is 9.67. The van der Waals surface area contributed by atoms with Gasteiger partial charge in [-0.2, -0.15) is 0 Å². The number of hydrogen-bond acceptors (Lipinski definition) is 7. The largest absolute Gasteiger partial charge is 0.508 e. The maximum Gasteiger partial charge on any atom is 0.167 e. The highest BCUT2D eigenvalue weighted by Gasteiger charge is 2.46. The van der Waals surface area contributed by atoms with Crippen LogP contribution in [-0.4, -0.2) is 82.1 Å². The summed E-state index contributed by atoms with van der Waals surface area (Å²) < 4.78 is 14.9. The van der Waals surface area contributed by atoms with Crippen molar-refractivity contribution in [1.82, 2.24) is 9.80 Å². The van der Waals surface area contributed by atoms with E-state index in [-0.39, 0.29) is 42.2 Å². The number of carbonyl (C=O) groups is 2. The number of phenolic OH excluding ortho intramolecular Hbond substituents is 2.